The zero-order chi connectivity index (χ0) is 20.3. The van der Waals surface area contributed by atoms with E-state index in [4.69, 9.17) is 4.74 Å². The molecular weight excluding hydrogens is 376 g/mol. The Labute approximate surface area is 166 Å². The molecule has 2 aromatic rings. The normalized spacial score (nSPS) is 20.2. The van der Waals surface area contributed by atoms with Gasteiger partial charge in [-0.15, -0.1) is 0 Å². The molecule has 2 atom stereocenters. The van der Waals surface area contributed by atoms with E-state index in [2.05, 4.69) is 4.72 Å². The van der Waals surface area contributed by atoms with Crippen molar-refractivity contribution in [3.05, 3.63) is 65.2 Å². The summed E-state index contributed by atoms with van der Waals surface area (Å²) in [5.41, 5.74) is 2.02. The minimum absolute atomic E-state index is 0.0486. The standard InChI is InChI=1S/C21H26N2O4S/c1-15-9-10-19(28(25,26)22-12-18-7-5-4-6-8-18)11-20(15)21(24)23-13-16(2)27-17(3)14-23/h4-11,16-17,22H,12-14H2,1-3H3. The lowest BCUT2D eigenvalue weighted by molar-refractivity contribution is -0.0586. The second kappa shape index (κ2) is 8.43. The molecular formula is C21H26N2O4S. The predicted octanol–water partition coefficient (Wildman–Crippen LogP) is 2.72. The fourth-order valence-corrected chi connectivity index (χ4v) is 4.41. The molecule has 3 rings (SSSR count). The van der Waals surface area contributed by atoms with Gasteiger partial charge in [-0.25, -0.2) is 13.1 Å². The van der Waals surface area contributed by atoms with Gasteiger partial charge in [0.05, 0.1) is 17.1 Å². The summed E-state index contributed by atoms with van der Waals surface area (Å²) >= 11 is 0. The van der Waals surface area contributed by atoms with Crippen molar-refractivity contribution in [3.63, 3.8) is 0 Å². The van der Waals surface area contributed by atoms with Gasteiger partial charge in [-0.1, -0.05) is 36.4 Å². The van der Waals surface area contributed by atoms with Crippen molar-refractivity contribution in [3.8, 4) is 0 Å². The second-order valence-corrected chi connectivity index (χ2v) is 9.02. The van der Waals surface area contributed by atoms with Gasteiger partial charge in [0.2, 0.25) is 10.0 Å². The molecule has 0 radical (unpaired) electrons. The van der Waals surface area contributed by atoms with Crippen LogP contribution >= 0.6 is 0 Å². The van der Waals surface area contributed by atoms with Crippen molar-refractivity contribution >= 4 is 15.9 Å². The van der Waals surface area contributed by atoms with Gasteiger partial charge in [0, 0.05) is 25.2 Å². The number of carbonyl (C=O) groups excluding carboxylic acids is 1. The van der Waals surface area contributed by atoms with Crippen LogP contribution in [0.5, 0.6) is 0 Å². The zero-order valence-corrected chi connectivity index (χ0v) is 17.2. The molecule has 0 aromatic heterocycles. The van der Waals surface area contributed by atoms with E-state index in [1.807, 2.05) is 51.1 Å². The smallest absolute Gasteiger partial charge is 0.254 e. The van der Waals surface area contributed by atoms with Crippen LogP contribution in [0, 0.1) is 6.92 Å². The third-order valence-corrected chi connectivity index (χ3v) is 6.16. The molecule has 150 valence electrons. The number of nitrogens with one attached hydrogen (secondary N) is 1. The van der Waals surface area contributed by atoms with Crippen molar-refractivity contribution in [1.29, 1.82) is 0 Å². The van der Waals surface area contributed by atoms with E-state index >= 15 is 0 Å². The van der Waals surface area contributed by atoms with Crippen molar-refractivity contribution in [1.82, 2.24) is 9.62 Å². The number of carbonyl (C=O) groups is 1. The number of amides is 1. The highest BCUT2D eigenvalue weighted by Gasteiger charge is 2.28. The molecule has 7 heteroatoms. The Hall–Kier alpha value is -2.22. The molecule has 1 heterocycles. The maximum atomic E-state index is 13.0. The van der Waals surface area contributed by atoms with E-state index in [1.165, 1.54) is 12.1 Å². The van der Waals surface area contributed by atoms with Crippen LogP contribution in [0.3, 0.4) is 0 Å². The van der Waals surface area contributed by atoms with E-state index in [9.17, 15) is 13.2 Å². The van der Waals surface area contributed by atoms with Crippen LogP contribution in [0.4, 0.5) is 0 Å². The Morgan fingerprint density at radius 3 is 2.39 bits per heavy atom. The quantitative estimate of drug-likeness (QED) is 0.834. The minimum Gasteiger partial charge on any atom is -0.372 e. The summed E-state index contributed by atoms with van der Waals surface area (Å²) in [6, 6.07) is 14.0. The van der Waals surface area contributed by atoms with Crippen LogP contribution < -0.4 is 4.72 Å². The molecule has 2 unspecified atom stereocenters. The molecule has 1 fully saturated rings. The van der Waals surface area contributed by atoms with Crippen molar-refractivity contribution in [2.45, 2.75) is 44.4 Å². The van der Waals surface area contributed by atoms with Crippen LogP contribution in [0.2, 0.25) is 0 Å². The molecule has 0 aliphatic carbocycles. The summed E-state index contributed by atoms with van der Waals surface area (Å²) in [4.78, 5) is 14.8. The van der Waals surface area contributed by atoms with Gasteiger partial charge in [-0.2, -0.15) is 0 Å². The Morgan fingerprint density at radius 1 is 1.11 bits per heavy atom. The zero-order valence-electron chi connectivity index (χ0n) is 16.4. The highest BCUT2D eigenvalue weighted by atomic mass is 32.2. The SMILES string of the molecule is Cc1ccc(S(=O)(=O)NCc2ccccc2)cc1C(=O)N1CC(C)OC(C)C1. The molecule has 6 nitrogen and oxygen atoms in total. The number of rotatable bonds is 5. The van der Waals surface area contributed by atoms with Gasteiger partial charge in [0.1, 0.15) is 0 Å². The number of morpholine rings is 1. The molecule has 0 bridgehead atoms. The first-order chi connectivity index (χ1) is 13.3. The van der Waals surface area contributed by atoms with Crippen molar-refractivity contribution < 1.29 is 17.9 Å². The third-order valence-electron chi connectivity index (χ3n) is 4.77. The average molecular weight is 403 g/mol. The predicted molar refractivity (Wildman–Crippen MR) is 108 cm³/mol. The Kier molecular flexibility index (Phi) is 6.17. The number of ether oxygens (including phenoxy) is 1. The maximum absolute atomic E-state index is 13.0. The van der Waals surface area contributed by atoms with Gasteiger partial charge in [0.15, 0.2) is 0 Å². The fourth-order valence-electron chi connectivity index (χ4n) is 3.37. The molecule has 2 aromatic carbocycles. The van der Waals surface area contributed by atoms with E-state index in [1.54, 1.807) is 11.0 Å². The number of nitrogens with zero attached hydrogens (tertiary/aromatic N) is 1. The van der Waals surface area contributed by atoms with E-state index < -0.39 is 10.0 Å². The molecule has 28 heavy (non-hydrogen) atoms. The lowest BCUT2D eigenvalue weighted by atomic mass is 10.1. The minimum atomic E-state index is -3.73. The summed E-state index contributed by atoms with van der Waals surface area (Å²) in [7, 11) is -3.73. The van der Waals surface area contributed by atoms with Crippen LogP contribution in [0.15, 0.2) is 53.4 Å². The third kappa shape index (κ3) is 4.79. The van der Waals surface area contributed by atoms with E-state index in [0.29, 0.717) is 18.7 Å². The number of sulfonamides is 1. The summed E-state index contributed by atoms with van der Waals surface area (Å²) in [5, 5.41) is 0. The number of aryl methyl sites for hydroxylation is 1. The molecule has 1 aliphatic rings. The molecule has 0 saturated carbocycles. The van der Waals surface area contributed by atoms with Crippen LogP contribution in [-0.4, -0.2) is 44.5 Å². The van der Waals surface area contributed by atoms with Crippen LogP contribution in [0.25, 0.3) is 0 Å². The summed E-state index contributed by atoms with van der Waals surface area (Å²) in [6.07, 6.45) is -0.0973. The van der Waals surface area contributed by atoms with Crippen LogP contribution in [-0.2, 0) is 21.3 Å². The summed E-state index contributed by atoms with van der Waals surface area (Å²) < 4.78 is 33.7. The molecule has 1 amide bonds. The first-order valence-corrected chi connectivity index (χ1v) is 10.8. The Morgan fingerprint density at radius 2 is 1.75 bits per heavy atom. The number of hydrogen-bond donors (Lipinski definition) is 1. The van der Waals surface area contributed by atoms with Gasteiger partial charge in [-0.05, 0) is 44.0 Å². The number of hydrogen-bond acceptors (Lipinski definition) is 4. The molecule has 1 N–H and O–H groups in total. The number of benzene rings is 2. The molecule has 0 spiro atoms. The van der Waals surface area contributed by atoms with Crippen LogP contribution in [0.1, 0.15) is 35.3 Å². The first kappa shape index (κ1) is 20.5. The van der Waals surface area contributed by atoms with E-state index in [-0.39, 0.29) is 29.6 Å². The highest BCUT2D eigenvalue weighted by Crippen LogP contribution is 2.20. The molecule has 1 aliphatic heterocycles. The van der Waals surface area contributed by atoms with Gasteiger partial charge >= 0.3 is 0 Å². The Bertz CT molecular complexity index is 934. The maximum Gasteiger partial charge on any atom is 0.254 e. The summed E-state index contributed by atoms with van der Waals surface area (Å²) in [6.45, 7) is 6.85. The highest BCUT2D eigenvalue weighted by molar-refractivity contribution is 7.89. The van der Waals surface area contributed by atoms with Crippen molar-refractivity contribution in [2.75, 3.05) is 13.1 Å². The monoisotopic (exact) mass is 402 g/mol. The topological polar surface area (TPSA) is 75.7 Å². The van der Waals surface area contributed by atoms with Gasteiger partial charge in [0.25, 0.3) is 5.91 Å². The molecule has 1 saturated heterocycles. The Balaban J connectivity index is 1.81. The van der Waals surface area contributed by atoms with Crippen molar-refractivity contribution in [2.24, 2.45) is 0 Å². The lowest BCUT2D eigenvalue weighted by Crippen LogP contribution is -2.48. The van der Waals surface area contributed by atoms with E-state index in [0.717, 1.165) is 11.1 Å². The lowest BCUT2D eigenvalue weighted by Gasteiger charge is -2.35. The second-order valence-electron chi connectivity index (χ2n) is 7.25. The average Bonchev–Trinajstić information content (AvgIpc) is 2.66. The van der Waals surface area contributed by atoms with Gasteiger partial charge < -0.3 is 9.64 Å². The first-order valence-electron chi connectivity index (χ1n) is 9.35. The summed E-state index contributed by atoms with van der Waals surface area (Å²) in [5.74, 6) is -0.167. The fraction of sp³-hybridized carbons (Fsp3) is 0.381. The van der Waals surface area contributed by atoms with Gasteiger partial charge in [-0.3, -0.25) is 4.79 Å². The largest absolute Gasteiger partial charge is 0.372 e.